The quantitative estimate of drug-likeness (QED) is 0.490. The Morgan fingerprint density at radius 3 is 2.12 bits per heavy atom. The van der Waals surface area contributed by atoms with Gasteiger partial charge in [0, 0.05) is 22.3 Å². The number of methoxy groups -OCH3 is 2. The molecule has 4 rings (SSSR count). The van der Waals surface area contributed by atoms with Crippen molar-refractivity contribution in [1.29, 1.82) is 0 Å². The van der Waals surface area contributed by atoms with Gasteiger partial charge in [-0.25, -0.2) is 9.78 Å². The number of nitrogens with one attached hydrogen (secondary N) is 1. The fourth-order valence-corrected chi connectivity index (χ4v) is 5.19. The van der Waals surface area contributed by atoms with E-state index in [2.05, 4.69) is 10.3 Å². The van der Waals surface area contributed by atoms with E-state index < -0.39 is 29.3 Å². The summed E-state index contributed by atoms with van der Waals surface area (Å²) in [5.74, 6) is -2.17. The molecular weight excluding hydrogens is 472 g/mol. The van der Waals surface area contributed by atoms with Gasteiger partial charge in [-0.2, -0.15) is 0 Å². The first kappa shape index (κ1) is 25.5. The number of aromatic nitrogens is 1. The second kappa shape index (κ2) is 11.3. The standard InChI is InChI=1S/C20H22N2O4S.C6H5Cl/c1-12-14(18(23)25-3)15(17-21-10-11-27-17)16(19(24)26-4)20(2,22-12)13-8-6-5-7-9-13;7-6-4-2-1-3-5-6/h5-11,15-16,22H,1-4H3;1-5H. The Hall–Kier alpha value is -3.16. The monoisotopic (exact) mass is 498 g/mol. The molecular formula is C26H27ClN2O4S. The van der Waals surface area contributed by atoms with Gasteiger partial charge in [0.2, 0.25) is 0 Å². The van der Waals surface area contributed by atoms with Crippen molar-refractivity contribution in [2.24, 2.45) is 5.92 Å². The third-order valence-corrected chi connectivity index (χ3v) is 6.91. The van der Waals surface area contributed by atoms with Crippen LogP contribution in [-0.2, 0) is 24.6 Å². The van der Waals surface area contributed by atoms with Crippen LogP contribution in [0.1, 0.15) is 30.3 Å². The molecule has 8 heteroatoms. The van der Waals surface area contributed by atoms with E-state index in [0.717, 1.165) is 10.6 Å². The van der Waals surface area contributed by atoms with Crippen molar-refractivity contribution >= 4 is 34.9 Å². The molecule has 6 nitrogen and oxygen atoms in total. The van der Waals surface area contributed by atoms with E-state index in [-0.39, 0.29) is 0 Å². The molecule has 0 saturated carbocycles. The van der Waals surface area contributed by atoms with Crippen LogP contribution in [0.4, 0.5) is 0 Å². The highest BCUT2D eigenvalue weighted by atomic mass is 35.5. The topological polar surface area (TPSA) is 77.5 Å². The van der Waals surface area contributed by atoms with Gasteiger partial charge in [0.1, 0.15) is 5.01 Å². The number of hydrogen-bond acceptors (Lipinski definition) is 7. The van der Waals surface area contributed by atoms with Crippen molar-refractivity contribution in [3.63, 3.8) is 0 Å². The summed E-state index contributed by atoms with van der Waals surface area (Å²) in [6, 6.07) is 19.1. The van der Waals surface area contributed by atoms with E-state index >= 15 is 0 Å². The summed E-state index contributed by atoms with van der Waals surface area (Å²) in [5, 5.41) is 6.68. The molecule has 3 aromatic rings. The van der Waals surface area contributed by atoms with Crippen LogP contribution >= 0.6 is 22.9 Å². The summed E-state index contributed by atoms with van der Waals surface area (Å²) < 4.78 is 10.2. The fourth-order valence-electron chi connectivity index (χ4n) is 4.26. The second-order valence-corrected chi connectivity index (χ2v) is 9.23. The molecule has 3 atom stereocenters. The van der Waals surface area contributed by atoms with Gasteiger partial charge >= 0.3 is 11.9 Å². The zero-order chi connectivity index (χ0) is 24.7. The number of hydrogen-bond donors (Lipinski definition) is 1. The Balaban J connectivity index is 0.000000396. The Labute approximate surface area is 208 Å². The molecule has 0 amide bonds. The van der Waals surface area contributed by atoms with E-state index in [0.29, 0.717) is 16.3 Å². The molecule has 0 bridgehead atoms. The minimum Gasteiger partial charge on any atom is -0.469 e. The molecule has 2 aromatic carbocycles. The summed E-state index contributed by atoms with van der Waals surface area (Å²) in [7, 11) is 2.69. The Morgan fingerprint density at radius 1 is 1.03 bits per heavy atom. The minimum absolute atomic E-state index is 0.399. The Kier molecular flexibility index (Phi) is 8.47. The van der Waals surface area contributed by atoms with Gasteiger partial charge in [-0.15, -0.1) is 11.3 Å². The maximum Gasteiger partial charge on any atom is 0.336 e. The lowest BCUT2D eigenvalue weighted by Gasteiger charge is -2.46. The van der Waals surface area contributed by atoms with Gasteiger partial charge in [0.25, 0.3) is 0 Å². The van der Waals surface area contributed by atoms with Gasteiger partial charge in [-0.05, 0) is 31.5 Å². The SMILES string of the molecule is COC(=O)C1=C(C)NC(C)(c2ccccc2)C(C(=O)OC)C1c1nccs1.Clc1ccccc1. The number of thiazole rings is 1. The molecule has 1 aliphatic heterocycles. The highest BCUT2D eigenvalue weighted by molar-refractivity contribution is 7.09. The molecule has 0 radical (unpaired) electrons. The molecule has 1 aliphatic rings. The van der Waals surface area contributed by atoms with Crippen molar-refractivity contribution in [3.8, 4) is 0 Å². The van der Waals surface area contributed by atoms with Crippen molar-refractivity contribution < 1.29 is 19.1 Å². The zero-order valence-corrected chi connectivity index (χ0v) is 21.0. The maximum atomic E-state index is 13.0. The third-order valence-electron chi connectivity index (χ3n) is 5.80. The van der Waals surface area contributed by atoms with E-state index in [1.807, 2.05) is 79.9 Å². The van der Waals surface area contributed by atoms with Crippen LogP contribution in [0.15, 0.2) is 83.5 Å². The van der Waals surface area contributed by atoms with E-state index in [4.69, 9.17) is 21.1 Å². The third kappa shape index (κ3) is 5.32. The molecule has 178 valence electrons. The van der Waals surface area contributed by atoms with Gasteiger partial charge in [-0.3, -0.25) is 4.79 Å². The minimum atomic E-state index is -0.785. The first-order valence-electron chi connectivity index (χ1n) is 10.6. The van der Waals surface area contributed by atoms with E-state index in [1.165, 1.54) is 25.6 Å². The van der Waals surface area contributed by atoms with Crippen LogP contribution < -0.4 is 5.32 Å². The van der Waals surface area contributed by atoms with Crippen LogP contribution in [0.5, 0.6) is 0 Å². The molecule has 1 N–H and O–H groups in total. The van der Waals surface area contributed by atoms with E-state index in [1.54, 1.807) is 6.20 Å². The molecule has 34 heavy (non-hydrogen) atoms. The van der Waals surface area contributed by atoms with Crippen LogP contribution in [0, 0.1) is 5.92 Å². The number of benzene rings is 2. The highest BCUT2D eigenvalue weighted by Crippen LogP contribution is 2.48. The number of rotatable bonds is 4. The van der Waals surface area contributed by atoms with Gasteiger partial charge in [0.15, 0.2) is 0 Å². The predicted octanol–water partition coefficient (Wildman–Crippen LogP) is 5.32. The summed E-state index contributed by atoms with van der Waals surface area (Å²) in [6.07, 6.45) is 1.67. The molecule has 0 spiro atoms. The second-order valence-electron chi connectivity index (χ2n) is 7.87. The molecule has 1 aromatic heterocycles. The van der Waals surface area contributed by atoms with Crippen LogP contribution in [-0.4, -0.2) is 31.1 Å². The lowest BCUT2D eigenvalue weighted by Crippen LogP contribution is -2.55. The normalized spacial score (nSPS) is 21.6. The van der Waals surface area contributed by atoms with Crippen molar-refractivity contribution in [2.75, 3.05) is 14.2 Å². The fraction of sp³-hybridized carbons (Fsp3) is 0.269. The maximum absolute atomic E-state index is 13.0. The molecule has 0 aliphatic carbocycles. The average molecular weight is 499 g/mol. The first-order valence-corrected chi connectivity index (χ1v) is 11.9. The molecule has 3 unspecified atom stereocenters. The molecule has 2 heterocycles. The van der Waals surface area contributed by atoms with Gasteiger partial charge in [-0.1, -0.05) is 60.1 Å². The molecule has 0 saturated heterocycles. The van der Waals surface area contributed by atoms with Gasteiger partial charge in [0.05, 0.1) is 37.2 Å². The Bertz CT molecular complexity index is 1140. The summed E-state index contributed by atoms with van der Waals surface area (Å²) >= 11 is 6.94. The summed E-state index contributed by atoms with van der Waals surface area (Å²) in [6.45, 7) is 3.77. The van der Waals surface area contributed by atoms with Crippen LogP contribution in [0.2, 0.25) is 5.02 Å². The van der Waals surface area contributed by atoms with Crippen molar-refractivity contribution in [3.05, 3.63) is 99.1 Å². The number of carbonyl (C=O) groups excluding carboxylic acids is 2. The predicted molar refractivity (Wildman–Crippen MR) is 133 cm³/mol. The summed E-state index contributed by atoms with van der Waals surface area (Å²) in [5.41, 5.74) is 1.20. The number of carbonyl (C=O) groups is 2. The Morgan fingerprint density at radius 2 is 1.65 bits per heavy atom. The number of ether oxygens (including phenoxy) is 2. The largest absolute Gasteiger partial charge is 0.469 e. The lowest BCUT2D eigenvalue weighted by atomic mass is 9.67. The lowest BCUT2D eigenvalue weighted by molar-refractivity contribution is -0.150. The van der Waals surface area contributed by atoms with Crippen molar-refractivity contribution in [1.82, 2.24) is 10.3 Å². The number of nitrogens with zero attached hydrogens (tertiary/aromatic N) is 1. The number of halogens is 1. The smallest absolute Gasteiger partial charge is 0.336 e. The average Bonchev–Trinajstić information content (AvgIpc) is 3.39. The van der Waals surface area contributed by atoms with Crippen LogP contribution in [0.3, 0.4) is 0 Å². The highest BCUT2D eigenvalue weighted by Gasteiger charge is 2.53. The zero-order valence-electron chi connectivity index (χ0n) is 19.4. The van der Waals surface area contributed by atoms with Crippen LogP contribution in [0.25, 0.3) is 0 Å². The van der Waals surface area contributed by atoms with E-state index in [9.17, 15) is 9.59 Å². The number of allylic oxidation sites excluding steroid dienone is 1. The number of esters is 2. The first-order chi connectivity index (χ1) is 16.3. The molecule has 0 fully saturated rings. The summed E-state index contributed by atoms with van der Waals surface area (Å²) in [4.78, 5) is 30.0. The van der Waals surface area contributed by atoms with Gasteiger partial charge < -0.3 is 14.8 Å². The van der Waals surface area contributed by atoms with Crippen molar-refractivity contribution in [2.45, 2.75) is 25.3 Å².